The normalized spacial score (nSPS) is 12.5. The quantitative estimate of drug-likeness (QED) is 0.791. The molecule has 0 radical (unpaired) electrons. The Morgan fingerprint density at radius 3 is 2.20 bits per heavy atom. The van der Waals surface area contributed by atoms with E-state index in [0.717, 1.165) is 12.1 Å². The number of sulfone groups is 1. The molecule has 82 valence electrons. The van der Waals surface area contributed by atoms with Gasteiger partial charge in [0, 0.05) is 0 Å². The van der Waals surface area contributed by atoms with Crippen LogP contribution in [0.5, 0.6) is 0 Å². The van der Waals surface area contributed by atoms with Gasteiger partial charge >= 0.3 is 5.51 Å². The van der Waals surface area contributed by atoms with Gasteiger partial charge in [0.2, 0.25) is 0 Å². The van der Waals surface area contributed by atoms with Crippen LogP contribution in [-0.4, -0.2) is 13.9 Å². The lowest BCUT2D eigenvalue weighted by atomic mass is 10.2. The number of alkyl halides is 3. The highest BCUT2D eigenvalue weighted by Crippen LogP contribution is 2.32. The van der Waals surface area contributed by atoms with Gasteiger partial charge in [-0.25, -0.2) is 8.42 Å². The molecule has 1 aromatic rings. The van der Waals surface area contributed by atoms with Gasteiger partial charge in [0.05, 0.1) is 4.90 Å². The van der Waals surface area contributed by atoms with Gasteiger partial charge in [-0.2, -0.15) is 13.2 Å². The van der Waals surface area contributed by atoms with E-state index in [1.807, 2.05) is 0 Å². The van der Waals surface area contributed by atoms with Crippen molar-refractivity contribution in [3.63, 3.8) is 0 Å². The molecule has 0 heterocycles. The Labute approximate surface area is 85.0 Å². The van der Waals surface area contributed by atoms with E-state index in [1.54, 1.807) is 0 Å². The van der Waals surface area contributed by atoms with Gasteiger partial charge in [-0.1, -0.05) is 30.9 Å². The molecule has 0 bridgehead atoms. The van der Waals surface area contributed by atoms with Gasteiger partial charge in [0.25, 0.3) is 9.84 Å². The summed E-state index contributed by atoms with van der Waals surface area (Å²) in [5, 5.41) is 0. The third-order valence-corrected chi connectivity index (χ3v) is 3.29. The smallest absolute Gasteiger partial charge is 0.214 e. The molecule has 0 saturated heterocycles. The third-order valence-electron chi connectivity index (χ3n) is 1.73. The average Bonchev–Trinajstić information content (AvgIpc) is 2.16. The molecular formula is C9H7F3O2S. The van der Waals surface area contributed by atoms with Crippen molar-refractivity contribution in [2.75, 3.05) is 0 Å². The van der Waals surface area contributed by atoms with Crippen molar-refractivity contribution in [2.45, 2.75) is 10.4 Å². The van der Waals surface area contributed by atoms with Crippen LogP contribution < -0.4 is 0 Å². The Kier molecular flexibility index (Phi) is 2.90. The fourth-order valence-corrected chi connectivity index (χ4v) is 1.99. The van der Waals surface area contributed by atoms with Gasteiger partial charge in [0.15, 0.2) is 0 Å². The van der Waals surface area contributed by atoms with E-state index in [9.17, 15) is 21.6 Å². The first-order valence-corrected chi connectivity index (χ1v) is 5.32. The largest absolute Gasteiger partial charge is 0.501 e. The molecule has 0 fully saturated rings. The lowest BCUT2D eigenvalue weighted by molar-refractivity contribution is -0.0436. The lowest BCUT2D eigenvalue weighted by Crippen LogP contribution is -2.23. The van der Waals surface area contributed by atoms with Crippen LogP contribution in [0.15, 0.2) is 35.7 Å². The molecule has 2 nitrogen and oxygen atoms in total. The number of benzene rings is 1. The predicted octanol–water partition coefficient (Wildman–Crippen LogP) is 2.62. The van der Waals surface area contributed by atoms with E-state index in [-0.39, 0.29) is 5.56 Å². The molecule has 0 aliphatic carbocycles. The molecule has 0 amide bonds. The number of hydrogen-bond acceptors (Lipinski definition) is 2. The van der Waals surface area contributed by atoms with Crippen LogP contribution in [0.25, 0.3) is 6.08 Å². The topological polar surface area (TPSA) is 34.1 Å². The summed E-state index contributed by atoms with van der Waals surface area (Å²) in [6.45, 7) is 3.26. The first-order chi connectivity index (χ1) is 6.80. The Bertz CT molecular complexity index is 474. The standard InChI is InChI=1S/C9H7F3O2S/c1-2-7-5-3-4-6-8(7)15(13,14)9(10,11)12/h2-6H,1H2. The highest BCUT2D eigenvalue weighted by Gasteiger charge is 2.47. The number of rotatable bonds is 2. The van der Waals surface area contributed by atoms with Crippen molar-refractivity contribution in [1.82, 2.24) is 0 Å². The highest BCUT2D eigenvalue weighted by molar-refractivity contribution is 7.92. The van der Waals surface area contributed by atoms with E-state index in [1.165, 1.54) is 18.2 Å². The van der Waals surface area contributed by atoms with Crippen molar-refractivity contribution in [2.24, 2.45) is 0 Å². The Hall–Kier alpha value is -1.30. The molecule has 0 saturated carbocycles. The molecule has 0 aromatic heterocycles. The zero-order chi connectivity index (χ0) is 11.7. The SMILES string of the molecule is C=Cc1ccccc1S(=O)(=O)C(F)(F)F. The minimum absolute atomic E-state index is 0.0603. The summed E-state index contributed by atoms with van der Waals surface area (Å²) in [4.78, 5) is -0.771. The van der Waals surface area contributed by atoms with Crippen molar-refractivity contribution in [1.29, 1.82) is 0 Å². The molecular weight excluding hydrogens is 229 g/mol. The molecule has 0 aliphatic rings. The second-order valence-electron chi connectivity index (χ2n) is 2.69. The van der Waals surface area contributed by atoms with Crippen LogP contribution in [0.2, 0.25) is 0 Å². The summed E-state index contributed by atoms with van der Waals surface area (Å²) < 4.78 is 58.8. The Morgan fingerprint density at radius 1 is 1.20 bits per heavy atom. The van der Waals surface area contributed by atoms with Crippen molar-refractivity contribution in [3.8, 4) is 0 Å². The molecule has 0 N–H and O–H groups in total. The second-order valence-corrected chi connectivity index (χ2v) is 4.60. The van der Waals surface area contributed by atoms with Gasteiger partial charge in [0.1, 0.15) is 0 Å². The second kappa shape index (κ2) is 3.69. The van der Waals surface area contributed by atoms with Gasteiger partial charge in [-0.15, -0.1) is 0 Å². The predicted molar refractivity (Wildman–Crippen MR) is 49.8 cm³/mol. The lowest BCUT2D eigenvalue weighted by Gasteiger charge is -2.09. The summed E-state index contributed by atoms with van der Waals surface area (Å²) in [6.07, 6.45) is 1.07. The van der Waals surface area contributed by atoms with E-state index >= 15 is 0 Å². The molecule has 1 rings (SSSR count). The van der Waals surface area contributed by atoms with Crippen LogP contribution in [-0.2, 0) is 9.84 Å². The van der Waals surface area contributed by atoms with E-state index in [0.29, 0.717) is 0 Å². The van der Waals surface area contributed by atoms with E-state index in [4.69, 9.17) is 0 Å². The van der Waals surface area contributed by atoms with Crippen LogP contribution in [0, 0.1) is 0 Å². The Balaban J connectivity index is 3.47. The molecule has 0 aliphatic heterocycles. The van der Waals surface area contributed by atoms with Gasteiger partial charge < -0.3 is 0 Å². The minimum atomic E-state index is -5.29. The molecule has 1 aromatic carbocycles. The summed E-state index contributed by atoms with van der Waals surface area (Å²) >= 11 is 0. The fraction of sp³-hybridized carbons (Fsp3) is 0.111. The fourth-order valence-electron chi connectivity index (χ4n) is 1.02. The van der Waals surface area contributed by atoms with Gasteiger partial charge in [-0.3, -0.25) is 0 Å². The average molecular weight is 236 g/mol. The maximum Gasteiger partial charge on any atom is 0.501 e. The van der Waals surface area contributed by atoms with Crippen LogP contribution in [0.3, 0.4) is 0 Å². The number of hydrogen-bond donors (Lipinski definition) is 0. The molecule has 15 heavy (non-hydrogen) atoms. The first-order valence-electron chi connectivity index (χ1n) is 3.83. The zero-order valence-electron chi connectivity index (χ0n) is 7.45. The summed E-state index contributed by atoms with van der Waals surface area (Å²) in [6, 6.07) is 4.82. The highest BCUT2D eigenvalue weighted by atomic mass is 32.2. The Morgan fingerprint density at radius 2 is 1.73 bits per heavy atom. The molecule has 0 atom stereocenters. The van der Waals surface area contributed by atoms with Crippen LogP contribution in [0.1, 0.15) is 5.56 Å². The van der Waals surface area contributed by atoms with E-state index in [2.05, 4.69) is 6.58 Å². The van der Waals surface area contributed by atoms with Crippen molar-refractivity contribution >= 4 is 15.9 Å². The summed E-state index contributed by atoms with van der Waals surface area (Å²) in [5.41, 5.74) is -5.35. The monoisotopic (exact) mass is 236 g/mol. The third kappa shape index (κ3) is 2.04. The van der Waals surface area contributed by atoms with Crippen LogP contribution >= 0.6 is 0 Å². The maximum atomic E-state index is 12.2. The molecule has 0 spiro atoms. The summed E-state index contributed by atoms with van der Waals surface area (Å²) in [5.74, 6) is 0. The first kappa shape index (κ1) is 11.8. The van der Waals surface area contributed by atoms with Crippen molar-refractivity contribution < 1.29 is 21.6 Å². The van der Waals surface area contributed by atoms with Gasteiger partial charge in [-0.05, 0) is 11.6 Å². The van der Waals surface area contributed by atoms with E-state index < -0.39 is 20.2 Å². The maximum absolute atomic E-state index is 12.2. The van der Waals surface area contributed by atoms with Crippen LogP contribution in [0.4, 0.5) is 13.2 Å². The molecule has 0 unspecified atom stereocenters. The zero-order valence-corrected chi connectivity index (χ0v) is 8.27. The summed E-state index contributed by atoms with van der Waals surface area (Å²) in [7, 11) is -5.29. The molecule has 6 heteroatoms. The van der Waals surface area contributed by atoms with Crippen molar-refractivity contribution in [3.05, 3.63) is 36.4 Å². The number of halogens is 3. The minimum Gasteiger partial charge on any atom is -0.214 e.